The number of fused-ring (bicyclic) bond motifs is 1. The maximum atomic E-state index is 11.4. The van der Waals surface area contributed by atoms with Crippen LogP contribution in [0.4, 0.5) is 0 Å². The molecule has 0 radical (unpaired) electrons. The zero-order chi connectivity index (χ0) is 15.0. The van der Waals surface area contributed by atoms with Gasteiger partial charge in [-0.3, -0.25) is 4.79 Å². The largest absolute Gasteiger partial charge is 0.365 e. The van der Waals surface area contributed by atoms with Crippen LogP contribution in [0.5, 0.6) is 0 Å². The average Bonchev–Trinajstić information content (AvgIpc) is 2.88. The summed E-state index contributed by atoms with van der Waals surface area (Å²) in [4.78, 5) is 15.9. The van der Waals surface area contributed by atoms with E-state index in [1.165, 1.54) is 11.8 Å². The Bertz CT molecular complexity index is 821. The van der Waals surface area contributed by atoms with Gasteiger partial charge in [-0.15, -0.1) is 0 Å². The Morgan fingerprint density at radius 1 is 1.24 bits per heavy atom. The summed E-state index contributed by atoms with van der Waals surface area (Å²) >= 11 is 0. The van der Waals surface area contributed by atoms with E-state index in [2.05, 4.69) is 22.2 Å². The molecule has 0 saturated carbocycles. The number of hydrogen-bond donors (Lipinski definition) is 1. The topological polar surface area (TPSA) is 73.3 Å². The predicted octanol–water partition coefficient (Wildman–Crippen LogP) is 2.04. The summed E-state index contributed by atoms with van der Waals surface area (Å²) in [5, 5.41) is 4.24. The van der Waals surface area contributed by atoms with Crippen LogP contribution >= 0.6 is 0 Å². The second-order valence-electron chi connectivity index (χ2n) is 5.08. The minimum absolute atomic E-state index is 0.354. The molecule has 1 aromatic carbocycles. The number of carbonyl (C=O) groups excluding carboxylic acids is 1. The van der Waals surface area contributed by atoms with Crippen molar-refractivity contribution in [2.75, 3.05) is 0 Å². The Hall–Kier alpha value is -2.69. The molecule has 0 unspecified atom stereocenters. The van der Waals surface area contributed by atoms with E-state index in [0.29, 0.717) is 11.2 Å². The summed E-state index contributed by atoms with van der Waals surface area (Å²) in [5.41, 5.74) is 10.4. The van der Waals surface area contributed by atoms with Crippen LogP contribution in [0.2, 0.25) is 0 Å². The van der Waals surface area contributed by atoms with Crippen molar-refractivity contribution >= 4 is 11.6 Å². The van der Waals surface area contributed by atoms with Gasteiger partial charge in [-0.25, -0.2) is 9.50 Å². The molecule has 0 aliphatic carbocycles. The van der Waals surface area contributed by atoms with Crippen LogP contribution in [-0.2, 0) is 6.42 Å². The molecule has 106 valence electrons. The van der Waals surface area contributed by atoms with Crippen molar-refractivity contribution in [2.45, 2.75) is 20.3 Å². The number of rotatable bonds is 3. The van der Waals surface area contributed by atoms with Crippen LogP contribution in [0.15, 0.2) is 36.5 Å². The molecule has 3 rings (SSSR count). The number of primary amides is 1. The normalized spacial score (nSPS) is 11.0. The van der Waals surface area contributed by atoms with E-state index in [-0.39, 0.29) is 0 Å². The van der Waals surface area contributed by atoms with E-state index in [1.807, 2.05) is 32.0 Å². The number of aromatic nitrogens is 3. The lowest BCUT2D eigenvalue weighted by molar-refractivity contribution is 0.100. The van der Waals surface area contributed by atoms with Crippen molar-refractivity contribution < 1.29 is 4.79 Å². The zero-order valence-corrected chi connectivity index (χ0v) is 12.0. The van der Waals surface area contributed by atoms with Gasteiger partial charge in [0.25, 0.3) is 5.91 Å². The minimum Gasteiger partial charge on any atom is -0.365 e. The van der Waals surface area contributed by atoms with Gasteiger partial charge in [0.05, 0.1) is 6.20 Å². The van der Waals surface area contributed by atoms with Gasteiger partial charge in [0.2, 0.25) is 0 Å². The molecule has 0 spiro atoms. The van der Waals surface area contributed by atoms with E-state index in [4.69, 9.17) is 5.73 Å². The molecule has 0 saturated heterocycles. The number of nitrogens with two attached hydrogens (primary N) is 1. The molecule has 0 aliphatic heterocycles. The van der Waals surface area contributed by atoms with Gasteiger partial charge in [-0.2, -0.15) is 5.10 Å². The van der Waals surface area contributed by atoms with Crippen molar-refractivity contribution in [1.29, 1.82) is 0 Å². The number of benzene rings is 1. The fourth-order valence-electron chi connectivity index (χ4n) is 2.54. The maximum absolute atomic E-state index is 11.4. The predicted molar refractivity (Wildman–Crippen MR) is 80.2 cm³/mol. The second-order valence-corrected chi connectivity index (χ2v) is 5.08. The molecule has 2 N–H and O–H groups in total. The van der Waals surface area contributed by atoms with Crippen molar-refractivity contribution in [1.82, 2.24) is 14.6 Å². The van der Waals surface area contributed by atoms with Crippen LogP contribution < -0.4 is 5.73 Å². The third-order valence-corrected chi connectivity index (χ3v) is 3.70. The number of carbonyl (C=O) groups is 1. The Morgan fingerprint density at radius 3 is 2.62 bits per heavy atom. The van der Waals surface area contributed by atoms with Crippen LogP contribution in [0, 0.1) is 13.8 Å². The molecule has 5 heteroatoms. The van der Waals surface area contributed by atoms with Gasteiger partial charge >= 0.3 is 0 Å². The molecule has 3 aromatic rings. The molecular weight excluding hydrogens is 264 g/mol. The van der Waals surface area contributed by atoms with Gasteiger partial charge in [-0.05, 0) is 25.0 Å². The zero-order valence-electron chi connectivity index (χ0n) is 12.0. The molecule has 0 bridgehead atoms. The van der Waals surface area contributed by atoms with Gasteiger partial charge in [0.1, 0.15) is 5.56 Å². The monoisotopic (exact) mass is 280 g/mol. The number of hydrogen-bond acceptors (Lipinski definition) is 3. The molecule has 0 atom stereocenters. The molecule has 1 amide bonds. The number of aryl methyl sites for hydroxylation is 2. The molecule has 2 aromatic heterocycles. The highest BCUT2D eigenvalue weighted by molar-refractivity contribution is 5.98. The van der Waals surface area contributed by atoms with Crippen LogP contribution in [-0.4, -0.2) is 20.5 Å². The summed E-state index contributed by atoms with van der Waals surface area (Å²) in [7, 11) is 0. The maximum Gasteiger partial charge on any atom is 0.254 e. The Labute approximate surface area is 122 Å². The van der Waals surface area contributed by atoms with Crippen molar-refractivity contribution in [3.05, 3.63) is 64.6 Å². The Balaban J connectivity index is 2.14. The summed E-state index contributed by atoms with van der Waals surface area (Å²) in [6.07, 6.45) is 2.26. The molecule has 21 heavy (non-hydrogen) atoms. The molecule has 0 fully saturated rings. The highest BCUT2D eigenvalue weighted by atomic mass is 16.1. The summed E-state index contributed by atoms with van der Waals surface area (Å²) < 4.78 is 1.69. The third kappa shape index (κ3) is 2.27. The quantitative estimate of drug-likeness (QED) is 0.797. The molecule has 2 heterocycles. The lowest BCUT2D eigenvalue weighted by atomic mass is 10.0. The number of nitrogens with zero attached hydrogens (tertiary/aromatic N) is 3. The molecular formula is C16H16N4O. The van der Waals surface area contributed by atoms with Crippen LogP contribution in [0.25, 0.3) is 5.65 Å². The van der Waals surface area contributed by atoms with Gasteiger partial charge in [0.15, 0.2) is 5.65 Å². The summed E-state index contributed by atoms with van der Waals surface area (Å²) in [6, 6.07) is 10.2. The highest BCUT2D eigenvalue weighted by Crippen LogP contribution is 2.19. The third-order valence-electron chi connectivity index (χ3n) is 3.70. The second kappa shape index (κ2) is 5.01. The standard InChI is InChI=1S/C16H16N4O/c1-10-13(8-12-6-4-3-5-7-12)11(2)20-16(19-10)14(9-18-20)15(17)21/h3-7,9H,8H2,1-2H3,(H2,17,21). The smallest absolute Gasteiger partial charge is 0.254 e. The van der Waals surface area contributed by atoms with Gasteiger partial charge < -0.3 is 5.73 Å². The fourth-order valence-corrected chi connectivity index (χ4v) is 2.54. The summed E-state index contributed by atoms with van der Waals surface area (Å²) in [6.45, 7) is 3.93. The summed E-state index contributed by atoms with van der Waals surface area (Å²) in [5.74, 6) is -0.507. The van der Waals surface area contributed by atoms with Crippen molar-refractivity contribution in [2.24, 2.45) is 5.73 Å². The lowest BCUT2D eigenvalue weighted by Gasteiger charge is -2.11. The van der Waals surface area contributed by atoms with E-state index in [1.54, 1.807) is 4.52 Å². The first-order valence-corrected chi connectivity index (χ1v) is 6.75. The highest BCUT2D eigenvalue weighted by Gasteiger charge is 2.16. The van der Waals surface area contributed by atoms with Gasteiger partial charge in [-0.1, -0.05) is 30.3 Å². The molecule has 0 aliphatic rings. The van der Waals surface area contributed by atoms with Crippen molar-refractivity contribution in [3.8, 4) is 0 Å². The van der Waals surface area contributed by atoms with Crippen molar-refractivity contribution in [3.63, 3.8) is 0 Å². The molecule has 5 nitrogen and oxygen atoms in total. The van der Waals surface area contributed by atoms with Crippen LogP contribution in [0.1, 0.15) is 32.9 Å². The first kappa shape index (κ1) is 13.3. The van der Waals surface area contributed by atoms with E-state index < -0.39 is 5.91 Å². The average molecular weight is 280 g/mol. The lowest BCUT2D eigenvalue weighted by Crippen LogP contribution is -2.12. The van der Waals surface area contributed by atoms with E-state index in [0.717, 1.165) is 23.4 Å². The van der Waals surface area contributed by atoms with Gasteiger partial charge in [0, 0.05) is 17.8 Å². The Kier molecular flexibility index (Phi) is 3.17. The minimum atomic E-state index is -0.507. The Morgan fingerprint density at radius 2 is 1.95 bits per heavy atom. The van der Waals surface area contributed by atoms with Crippen LogP contribution in [0.3, 0.4) is 0 Å². The fraction of sp³-hybridized carbons (Fsp3) is 0.188. The number of amides is 1. The van der Waals surface area contributed by atoms with E-state index in [9.17, 15) is 4.79 Å². The van der Waals surface area contributed by atoms with E-state index >= 15 is 0 Å². The first-order chi connectivity index (χ1) is 10.1. The SMILES string of the molecule is Cc1nc2c(C(N)=O)cnn2c(C)c1Cc1ccccc1. The first-order valence-electron chi connectivity index (χ1n) is 6.75.